The Labute approximate surface area is 154 Å². The third-order valence-electron chi connectivity index (χ3n) is 4.24. The van der Waals surface area contributed by atoms with Crippen molar-refractivity contribution in [3.63, 3.8) is 0 Å². The summed E-state index contributed by atoms with van der Waals surface area (Å²) >= 11 is 3.32. The lowest BCUT2D eigenvalue weighted by atomic mass is 10.3. The van der Waals surface area contributed by atoms with E-state index in [1.54, 1.807) is 24.3 Å². The van der Waals surface area contributed by atoms with Crippen molar-refractivity contribution in [3.8, 4) is 0 Å². The molecule has 0 radical (unpaired) electrons. The zero-order valence-corrected chi connectivity index (χ0v) is 15.7. The average Bonchev–Trinajstić information content (AvgIpc) is 3.06. The lowest BCUT2D eigenvalue weighted by molar-refractivity contribution is 0.373. The highest BCUT2D eigenvalue weighted by atomic mass is 79.9. The number of rotatable bonds is 3. The predicted molar refractivity (Wildman–Crippen MR) is 99.1 cm³/mol. The van der Waals surface area contributed by atoms with Gasteiger partial charge in [0.15, 0.2) is 5.58 Å². The average molecular weight is 422 g/mol. The highest BCUT2D eigenvalue weighted by molar-refractivity contribution is 9.10. The van der Waals surface area contributed by atoms with Crippen molar-refractivity contribution >= 4 is 43.1 Å². The number of fused-ring (bicyclic) bond motifs is 1. The molecule has 25 heavy (non-hydrogen) atoms. The molecule has 0 amide bonds. The molecule has 0 bridgehead atoms. The highest BCUT2D eigenvalue weighted by Gasteiger charge is 2.29. The summed E-state index contributed by atoms with van der Waals surface area (Å²) in [6.07, 6.45) is 0. The second kappa shape index (κ2) is 6.44. The number of sulfonamides is 1. The van der Waals surface area contributed by atoms with Crippen LogP contribution in [0.5, 0.6) is 0 Å². The Balaban J connectivity index is 1.50. The van der Waals surface area contributed by atoms with Gasteiger partial charge in [-0.05, 0) is 36.4 Å². The Bertz CT molecular complexity index is 960. The second-order valence-electron chi connectivity index (χ2n) is 5.81. The number of hydrogen-bond donors (Lipinski definition) is 0. The van der Waals surface area contributed by atoms with Crippen LogP contribution in [0.1, 0.15) is 0 Å². The summed E-state index contributed by atoms with van der Waals surface area (Å²) in [5, 5.41) is 0. The van der Waals surface area contributed by atoms with E-state index < -0.39 is 10.0 Å². The second-order valence-corrected chi connectivity index (χ2v) is 8.66. The number of oxazole rings is 1. The van der Waals surface area contributed by atoms with E-state index in [9.17, 15) is 8.42 Å². The summed E-state index contributed by atoms with van der Waals surface area (Å²) in [5.41, 5.74) is 1.55. The molecule has 0 N–H and O–H groups in total. The molecule has 0 spiro atoms. The van der Waals surface area contributed by atoms with Crippen molar-refractivity contribution < 1.29 is 12.8 Å². The van der Waals surface area contributed by atoms with Crippen molar-refractivity contribution in [1.82, 2.24) is 9.29 Å². The van der Waals surface area contributed by atoms with Crippen LogP contribution in [0.4, 0.5) is 6.01 Å². The van der Waals surface area contributed by atoms with Gasteiger partial charge < -0.3 is 9.32 Å². The summed E-state index contributed by atoms with van der Waals surface area (Å²) in [5.74, 6) is 0. The lowest BCUT2D eigenvalue weighted by Crippen LogP contribution is -2.48. The van der Waals surface area contributed by atoms with Crippen LogP contribution in [0.2, 0.25) is 0 Å². The first-order valence-corrected chi connectivity index (χ1v) is 10.1. The highest BCUT2D eigenvalue weighted by Crippen LogP contribution is 2.25. The summed E-state index contributed by atoms with van der Waals surface area (Å²) in [4.78, 5) is 6.77. The van der Waals surface area contributed by atoms with E-state index in [2.05, 4.69) is 20.9 Å². The van der Waals surface area contributed by atoms with Gasteiger partial charge in [0.05, 0.1) is 4.90 Å². The van der Waals surface area contributed by atoms with Crippen molar-refractivity contribution in [2.45, 2.75) is 4.90 Å². The minimum atomic E-state index is -3.47. The number of piperazine rings is 1. The van der Waals surface area contributed by atoms with E-state index in [4.69, 9.17) is 4.42 Å². The third-order valence-corrected chi connectivity index (χ3v) is 6.68. The first kappa shape index (κ1) is 16.6. The SMILES string of the molecule is O=S(=O)(c1ccc(Br)cc1)N1CCN(c2nc3ccccc3o2)CC1. The van der Waals surface area contributed by atoms with Crippen LogP contribution in [-0.4, -0.2) is 43.9 Å². The van der Waals surface area contributed by atoms with Crippen LogP contribution in [0.15, 0.2) is 62.3 Å². The molecule has 1 aliphatic rings. The van der Waals surface area contributed by atoms with E-state index in [0.29, 0.717) is 37.1 Å². The Hall–Kier alpha value is -1.90. The predicted octanol–water partition coefficient (Wildman–Crippen LogP) is 3.10. The molecule has 1 aliphatic heterocycles. The smallest absolute Gasteiger partial charge is 0.298 e. The summed E-state index contributed by atoms with van der Waals surface area (Å²) < 4.78 is 33.6. The Morgan fingerprint density at radius 3 is 2.32 bits per heavy atom. The number of para-hydroxylation sites is 2. The van der Waals surface area contributed by atoms with Crippen molar-refractivity contribution in [2.75, 3.05) is 31.1 Å². The lowest BCUT2D eigenvalue weighted by Gasteiger charge is -2.33. The number of aromatic nitrogens is 1. The van der Waals surface area contributed by atoms with E-state index in [1.807, 2.05) is 29.2 Å². The van der Waals surface area contributed by atoms with Gasteiger partial charge in [0, 0.05) is 30.7 Å². The third kappa shape index (κ3) is 3.17. The normalized spacial score (nSPS) is 16.4. The molecule has 1 fully saturated rings. The molecule has 4 rings (SSSR count). The van der Waals surface area contributed by atoms with Crippen molar-refractivity contribution in [3.05, 3.63) is 53.0 Å². The van der Waals surface area contributed by atoms with E-state index in [1.165, 1.54) is 4.31 Å². The molecule has 3 aromatic rings. The first-order valence-electron chi connectivity index (χ1n) is 7.90. The molecule has 0 aliphatic carbocycles. The van der Waals surface area contributed by atoms with Crippen LogP contribution in [0.25, 0.3) is 11.1 Å². The molecule has 2 aromatic carbocycles. The Morgan fingerprint density at radius 2 is 1.64 bits per heavy atom. The minimum Gasteiger partial charge on any atom is -0.423 e. The van der Waals surface area contributed by atoms with Crippen LogP contribution in [0.3, 0.4) is 0 Å². The summed E-state index contributed by atoms with van der Waals surface area (Å²) in [6, 6.07) is 14.8. The summed E-state index contributed by atoms with van der Waals surface area (Å²) in [7, 11) is -3.47. The van der Waals surface area contributed by atoms with Crippen molar-refractivity contribution in [2.24, 2.45) is 0 Å². The van der Waals surface area contributed by atoms with Crippen LogP contribution < -0.4 is 4.90 Å². The van der Waals surface area contributed by atoms with Gasteiger partial charge in [-0.3, -0.25) is 0 Å². The molecular formula is C17H16BrN3O3S. The molecule has 0 saturated carbocycles. The van der Waals surface area contributed by atoms with Crippen molar-refractivity contribution in [1.29, 1.82) is 0 Å². The number of nitrogens with zero attached hydrogens (tertiary/aromatic N) is 3. The molecule has 1 aromatic heterocycles. The quantitative estimate of drug-likeness (QED) is 0.649. The number of benzene rings is 2. The van der Waals surface area contributed by atoms with Gasteiger partial charge in [0.25, 0.3) is 6.01 Å². The monoisotopic (exact) mass is 421 g/mol. The molecule has 0 atom stereocenters. The van der Waals surface area contributed by atoms with E-state index >= 15 is 0 Å². The molecule has 1 saturated heterocycles. The molecule has 0 unspecified atom stereocenters. The van der Waals surface area contributed by atoms with Crippen LogP contribution in [0, 0.1) is 0 Å². The van der Waals surface area contributed by atoms with Gasteiger partial charge in [-0.1, -0.05) is 28.1 Å². The maximum Gasteiger partial charge on any atom is 0.298 e. The molecule has 2 heterocycles. The first-order chi connectivity index (χ1) is 12.0. The zero-order valence-electron chi connectivity index (χ0n) is 13.3. The Morgan fingerprint density at radius 1 is 0.960 bits per heavy atom. The molecular weight excluding hydrogens is 406 g/mol. The number of anilines is 1. The minimum absolute atomic E-state index is 0.311. The maximum atomic E-state index is 12.7. The van der Waals surface area contributed by atoms with Crippen LogP contribution in [-0.2, 0) is 10.0 Å². The fraction of sp³-hybridized carbons (Fsp3) is 0.235. The molecule has 8 heteroatoms. The van der Waals surface area contributed by atoms with E-state index in [0.717, 1.165) is 15.6 Å². The number of hydrogen-bond acceptors (Lipinski definition) is 5. The van der Waals surface area contributed by atoms with Gasteiger partial charge in [-0.2, -0.15) is 9.29 Å². The van der Waals surface area contributed by atoms with Gasteiger partial charge in [0.1, 0.15) is 5.52 Å². The van der Waals surface area contributed by atoms with Gasteiger partial charge in [-0.25, -0.2) is 8.42 Å². The largest absolute Gasteiger partial charge is 0.423 e. The van der Waals surface area contributed by atoms with Crippen LogP contribution >= 0.6 is 15.9 Å². The fourth-order valence-electron chi connectivity index (χ4n) is 2.87. The summed E-state index contributed by atoms with van der Waals surface area (Å²) in [6.45, 7) is 1.89. The zero-order chi connectivity index (χ0) is 17.4. The number of halogens is 1. The maximum absolute atomic E-state index is 12.7. The van der Waals surface area contributed by atoms with Gasteiger partial charge in [0.2, 0.25) is 10.0 Å². The molecule has 6 nitrogen and oxygen atoms in total. The standard InChI is InChI=1S/C17H16BrN3O3S/c18-13-5-7-14(8-6-13)25(22,23)21-11-9-20(10-12-21)17-19-15-3-1-2-4-16(15)24-17/h1-8H,9-12H2. The molecule has 130 valence electrons. The Kier molecular flexibility index (Phi) is 4.26. The van der Waals surface area contributed by atoms with E-state index in [-0.39, 0.29) is 0 Å². The van der Waals surface area contributed by atoms with Gasteiger partial charge in [-0.15, -0.1) is 0 Å². The topological polar surface area (TPSA) is 66.7 Å². The fourth-order valence-corrected chi connectivity index (χ4v) is 4.56. The van der Waals surface area contributed by atoms with Gasteiger partial charge >= 0.3 is 0 Å².